The summed E-state index contributed by atoms with van der Waals surface area (Å²) < 4.78 is 10.1. The maximum absolute atomic E-state index is 11.7. The lowest BCUT2D eigenvalue weighted by molar-refractivity contribution is 0.0601. The van der Waals surface area contributed by atoms with E-state index in [9.17, 15) is 4.79 Å². The Labute approximate surface area is 144 Å². The summed E-state index contributed by atoms with van der Waals surface area (Å²) in [6, 6.07) is 13.2. The van der Waals surface area contributed by atoms with Crippen LogP contribution in [0.5, 0.6) is 5.75 Å². The van der Waals surface area contributed by atoms with Gasteiger partial charge in [-0.15, -0.1) is 0 Å². The highest BCUT2D eigenvalue weighted by molar-refractivity contribution is 5.90. The van der Waals surface area contributed by atoms with Crippen molar-refractivity contribution in [2.75, 3.05) is 19.5 Å². The first-order valence-corrected chi connectivity index (χ1v) is 7.89. The summed E-state index contributed by atoms with van der Waals surface area (Å²) >= 11 is 0. The monoisotopic (exact) mass is 335 g/mol. The van der Waals surface area contributed by atoms with Crippen LogP contribution in [0.1, 0.15) is 21.5 Å². The average molecular weight is 335 g/mol. The van der Waals surface area contributed by atoms with Gasteiger partial charge < -0.3 is 14.8 Å². The normalized spacial score (nSPS) is 11.6. The number of hydrogen-bond acceptors (Lipinski definition) is 5. The van der Waals surface area contributed by atoms with E-state index in [4.69, 9.17) is 9.47 Å². The van der Waals surface area contributed by atoms with Crippen LogP contribution in [-0.2, 0) is 11.2 Å². The first-order chi connectivity index (χ1) is 12.2. The molecule has 4 rings (SSSR count). The topological polar surface area (TPSA) is 76.2 Å². The van der Waals surface area contributed by atoms with E-state index in [-0.39, 0.29) is 5.97 Å². The molecule has 0 aliphatic heterocycles. The number of hydrogen-bond donors (Lipinski definition) is 2. The number of nitrogens with one attached hydrogen (secondary N) is 2. The number of rotatable bonds is 4. The number of fused-ring (bicyclic) bond motifs is 3. The molecule has 0 fully saturated rings. The summed E-state index contributed by atoms with van der Waals surface area (Å²) in [4.78, 5) is 11.7. The zero-order chi connectivity index (χ0) is 17.4. The van der Waals surface area contributed by atoms with Gasteiger partial charge in [0.2, 0.25) is 0 Å². The molecule has 0 unspecified atom stereocenters. The lowest BCUT2D eigenvalue weighted by Gasteiger charge is -2.07. The van der Waals surface area contributed by atoms with Crippen LogP contribution < -0.4 is 10.1 Å². The second kappa shape index (κ2) is 5.98. The summed E-state index contributed by atoms with van der Waals surface area (Å²) in [7, 11) is 3.04. The highest BCUT2D eigenvalue weighted by Crippen LogP contribution is 2.40. The van der Waals surface area contributed by atoms with E-state index in [2.05, 4.69) is 15.5 Å². The molecule has 0 bridgehead atoms. The van der Waals surface area contributed by atoms with Crippen molar-refractivity contribution in [3.63, 3.8) is 0 Å². The average Bonchev–Trinajstić information content (AvgIpc) is 3.20. The molecule has 1 aromatic heterocycles. The van der Waals surface area contributed by atoms with Crippen molar-refractivity contribution in [1.82, 2.24) is 10.2 Å². The number of H-pyrrole nitrogens is 1. The molecular weight excluding hydrogens is 318 g/mol. The van der Waals surface area contributed by atoms with Crippen LogP contribution in [0, 0.1) is 0 Å². The third-order valence-corrected chi connectivity index (χ3v) is 4.36. The Hall–Kier alpha value is -3.28. The van der Waals surface area contributed by atoms with Crippen molar-refractivity contribution in [3.05, 3.63) is 59.2 Å². The fraction of sp³-hybridized carbons (Fsp3) is 0.158. The van der Waals surface area contributed by atoms with Gasteiger partial charge in [-0.25, -0.2) is 4.79 Å². The zero-order valence-electron chi connectivity index (χ0n) is 13.9. The Morgan fingerprint density at radius 3 is 2.88 bits per heavy atom. The van der Waals surface area contributed by atoms with Crippen molar-refractivity contribution in [1.29, 1.82) is 0 Å². The Morgan fingerprint density at radius 1 is 1.20 bits per heavy atom. The summed E-state index contributed by atoms with van der Waals surface area (Å²) in [5.41, 5.74) is 5.74. The van der Waals surface area contributed by atoms with Gasteiger partial charge in [0.05, 0.1) is 25.5 Å². The van der Waals surface area contributed by atoms with Gasteiger partial charge in [-0.3, -0.25) is 5.10 Å². The third-order valence-electron chi connectivity index (χ3n) is 4.36. The quantitative estimate of drug-likeness (QED) is 0.558. The molecule has 0 saturated carbocycles. The molecule has 0 saturated heterocycles. The number of carbonyl (C=O) groups excluding carboxylic acids is 1. The van der Waals surface area contributed by atoms with Crippen molar-refractivity contribution in [2.24, 2.45) is 0 Å². The van der Waals surface area contributed by atoms with E-state index >= 15 is 0 Å². The van der Waals surface area contributed by atoms with E-state index in [0.717, 1.165) is 40.5 Å². The maximum atomic E-state index is 11.7. The van der Waals surface area contributed by atoms with Gasteiger partial charge >= 0.3 is 5.97 Å². The molecule has 1 aliphatic rings. The lowest BCUT2D eigenvalue weighted by atomic mass is 10.1. The largest absolute Gasteiger partial charge is 0.497 e. The number of esters is 1. The summed E-state index contributed by atoms with van der Waals surface area (Å²) in [6.07, 6.45) is 0.775. The molecule has 25 heavy (non-hydrogen) atoms. The first kappa shape index (κ1) is 15.3. The Kier molecular flexibility index (Phi) is 3.65. The van der Waals surface area contributed by atoms with Gasteiger partial charge in [-0.05, 0) is 42.0 Å². The molecule has 6 nitrogen and oxygen atoms in total. The van der Waals surface area contributed by atoms with Gasteiger partial charge in [0.1, 0.15) is 5.75 Å². The first-order valence-electron chi connectivity index (χ1n) is 7.89. The predicted octanol–water partition coefficient (Wildman–Crippen LogP) is 3.52. The highest BCUT2D eigenvalue weighted by Gasteiger charge is 2.25. The fourth-order valence-corrected chi connectivity index (χ4v) is 3.12. The molecule has 1 aliphatic carbocycles. The van der Waals surface area contributed by atoms with Gasteiger partial charge in [-0.2, -0.15) is 5.10 Å². The van der Waals surface area contributed by atoms with Gasteiger partial charge in [0, 0.05) is 23.2 Å². The molecule has 3 aromatic rings. The van der Waals surface area contributed by atoms with Crippen molar-refractivity contribution >= 4 is 17.5 Å². The molecule has 0 spiro atoms. The minimum absolute atomic E-state index is 0.365. The van der Waals surface area contributed by atoms with Crippen molar-refractivity contribution < 1.29 is 14.3 Å². The maximum Gasteiger partial charge on any atom is 0.337 e. The fourth-order valence-electron chi connectivity index (χ4n) is 3.12. The summed E-state index contributed by atoms with van der Waals surface area (Å²) in [5.74, 6) is 1.24. The van der Waals surface area contributed by atoms with Crippen LogP contribution in [0.2, 0.25) is 0 Å². The molecule has 0 amide bonds. The van der Waals surface area contributed by atoms with E-state index in [1.54, 1.807) is 25.3 Å². The van der Waals surface area contributed by atoms with Crippen LogP contribution >= 0.6 is 0 Å². The second-order valence-electron chi connectivity index (χ2n) is 5.82. The number of carbonyl (C=O) groups is 1. The van der Waals surface area contributed by atoms with Crippen LogP contribution in [-0.4, -0.2) is 30.4 Å². The molecule has 1 heterocycles. The molecule has 2 aromatic carbocycles. The predicted molar refractivity (Wildman–Crippen MR) is 94.4 cm³/mol. The molecule has 0 radical (unpaired) electrons. The van der Waals surface area contributed by atoms with Gasteiger partial charge in [0.15, 0.2) is 5.82 Å². The number of aromatic amines is 1. The number of nitrogens with zero attached hydrogens (tertiary/aromatic N) is 1. The number of anilines is 2. The Balaban J connectivity index is 1.63. The van der Waals surface area contributed by atoms with Crippen LogP contribution in [0.3, 0.4) is 0 Å². The van der Waals surface area contributed by atoms with Gasteiger partial charge in [-0.1, -0.05) is 6.07 Å². The smallest absolute Gasteiger partial charge is 0.337 e. The third kappa shape index (κ3) is 2.61. The Morgan fingerprint density at radius 2 is 2.08 bits per heavy atom. The van der Waals surface area contributed by atoms with Crippen LogP contribution in [0.15, 0.2) is 42.5 Å². The zero-order valence-corrected chi connectivity index (χ0v) is 13.9. The van der Waals surface area contributed by atoms with E-state index in [0.29, 0.717) is 5.56 Å². The minimum atomic E-state index is -0.365. The van der Waals surface area contributed by atoms with Gasteiger partial charge in [0.25, 0.3) is 0 Å². The number of ether oxygens (including phenoxy) is 2. The molecule has 6 heteroatoms. The Bertz CT molecular complexity index is 962. The summed E-state index contributed by atoms with van der Waals surface area (Å²) in [6.45, 7) is 0. The molecular formula is C19H17N3O3. The number of benzene rings is 2. The van der Waals surface area contributed by atoms with E-state index in [1.165, 1.54) is 12.7 Å². The van der Waals surface area contributed by atoms with Crippen LogP contribution in [0.25, 0.3) is 11.3 Å². The second-order valence-corrected chi connectivity index (χ2v) is 5.82. The molecule has 2 N–H and O–H groups in total. The van der Waals surface area contributed by atoms with E-state index < -0.39 is 0 Å². The lowest BCUT2D eigenvalue weighted by Crippen LogP contribution is -2.02. The highest BCUT2D eigenvalue weighted by atomic mass is 16.5. The standard InChI is InChI=1S/C19H17N3O3/c1-24-14-6-7-15-12(9-14)10-16-17(15)21-22-18(16)20-13-5-3-4-11(8-13)19(23)25-2/h3-9H,10H2,1-2H3,(H2,20,21,22). The van der Waals surface area contributed by atoms with Crippen LogP contribution in [0.4, 0.5) is 11.5 Å². The number of methoxy groups -OCH3 is 2. The number of aromatic nitrogens is 2. The van der Waals surface area contributed by atoms with Crippen molar-refractivity contribution in [3.8, 4) is 17.0 Å². The minimum Gasteiger partial charge on any atom is -0.497 e. The molecule has 126 valence electrons. The molecule has 0 atom stereocenters. The SMILES string of the molecule is COC(=O)c1cccc(Nc2n[nH]c3c2Cc2cc(OC)ccc2-3)c1. The van der Waals surface area contributed by atoms with Crippen molar-refractivity contribution in [2.45, 2.75) is 6.42 Å². The van der Waals surface area contributed by atoms with E-state index in [1.807, 2.05) is 24.3 Å². The summed E-state index contributed by atoms with van der Waals surface area (Å²) in [5, 5.41) is 10.8.